The van der Waals surface area contributed by atoms with Gasteiger partial charge in [-0.25, -0.2) is 4.68 Å². The smallest absolute Gasteiger partial charge is 0.289 e. The minimum atomic E-state index is -0.241. The fourth-order valence-electron chi connectivity index (χ4n) is 2.57. The maximum Gasteiger partial charge on any atom is 0.289 e. The van der Waals surface area contributed by atoms with E-state index < -0.39 is 0 Å². The lowest BCUT2D eigenvalue weighted by molar-refractivity contribution is 0.0917. The normalized spacial score (nSPS) is 10.8. The molecule has 0 saturated carbocycles. The van der Waals surface area contributed by atoms with E-state index in [1.807, 2.05) is 30.7 Å². The van der Waals surface area contributed by atoms with Crippen LogP contribution in [0.3, 0.4) is 0 Å². The molecule has 0 aliphatic rings. The van der Waals surface area contributed by atoms with Crippen LogP contribution in [0.25, 0.3) is 5.69 Å². The molecule has 0 atom stereocenters. The highest BCUT2D eigenvalue weighted by molar-refractivity contribution is 5.91. The first-order valence-corrected chi connectivity index (χ1v) is 7.87. The van der Waals surface area contributed by atoms with E-state index in [2.05, 4.69) is 33.8 Å². The zero-order valence-corrected chi connectivity index (χ0v) is 14.0. The second-order valence-electron chi connectivity index (χ2n) is 5.84. The molecule has 0 fully saturated rings. The summed E-state index contributed by atoms with van der Waals surface area (Å²) < 4.78 is 6.86. The van der Waals surface area contributed by atoms with Crippen LogP contribution >= 0.6 is 0 Å². The van der Waals surface area contributed by atoms with Crippen LogP contribution in [0.15, 0.2) is 40.9 Å². The molecule has 1 amide bonds. The Labute approximate surface area is 140 Å². The Balaban J connectivity index is 1.57. The zero-order valence-electron chi connectivity index (χ0n) is 14.0. The second-order valence-corrected chi connectivity index (χ2v) is 5.84. The van der Waals surface area contributed by atoms with Crippen LogP contribution in [-0.2, 0) is 6.42 Å². The van der Waals surface area contributed by atoms with Gasteiger partial charge in [0.05, 0.1) is 17.1 Å². The molecule has 2 heterocycles. The molecule has 6 nitrogen and oxygen atoms in total. The predicted octanol–water partition coefficient (Wildman–Crippen LogP) is 2.76. The molecule has 124 valence electrons. The molecule has 1 N–H and O–H groups in total. The quantitative estimate of drug-likeness (QED) is 0.783. The molecule has 0 spiro atoms. The molecule has 6 heteroatoms. The molecule has 0 bridgehead atoms. The van der Waals surface area contributed by atoms with Crippen molar-refractivity contribution in [3.8, 4) is 5.69 Å². The maximum absolute atomic E-state index is 11.9. The molecule has 1 aromatic carbocycles. The summed E-state index contributed by atoms with van der Waals surface area (Å²) in [4.78, 5) is 11.9. The van der Waals surface area contributed by atoms with Gasteiger partial charge in [0.1, 0.15) is 0 Å². The fourth-order valence-corrected chi connectivity index (χ4v) is 2.57. The van der Waals surface area contributed by atoms with Crippen LogP contribution in [0.5, 0.6) is 0 Å². The Morgan fingerprint density at radius 1 is 1.12 bits per heavy atom. The van der Waals surface area contributed by atoms with E-state index in [4.69, 9.17) is 4.52 Å². The monoisotopic (exact) mass is 324 g/mol. The van der Waals surface area contributed by atoms with Crippen molar-refractivity contribution in [3.63, 3.8) is 0 Å². The molecule has 0 radical (unpaired) electrons. The fraction of sp³-hybridized carbons (Fsp3) is 0.278. The Hall–Kier alpha value is -2.89. The SMILES string of the molecule is Cc1cc(C(=O)NCCc2ccc(-n3nc(C)cc3C)cc2)on1. The minimum Gasteiger partial charge on any atom is -0.351 e. The van der Waals surface area contributed by atoms with E-state index in [-0.39, 0.29) is 11.7 Å². The first-order chi connectivity index (χ1) is 11.5. The third-order valence-corrected chi connectivity index (χ3v) is 3.74. The molecule has 3 aromatic rings. The Bertz CT molecular complexity index is 846. The van der Waals surface area contributed by atoms with Crippen molar-refractivity contribution in [1.29, 1.82) is 0 Å². The van der Waals surface area contributed by atoms with Crippen LogP contribution in [0.2, 0.25) is 0 Å². The predicted molar refractivity (Wildman–Crippen MR) is 90.3 cm³/mol. The molecular weight excluding hydrogens is 304 g/mol. The number of benzene rings is 1. The van der Waals surface area contributed by atoms with Gasteiger partial charge in [-0.1, -0.05) is 17.3 Å². The van der Waals surface area contributed by atoms with E-state index in [1.165, 1.54) is 0 Å². The minimum absolute atomic E-state index is 0.241. The summed E-state index contributed by atoms with van der Waals surface area (Å²) in [7, 11) is 0. The number of hydrogen-bond acceptors (Lipinski definition) is 4. The van der Waals surface area contributed by atoms with Crippen LogP contribution in [0.4, 0.5) is 0 Å². The van der Waals surface area contributed by atoms with Gasteiger partial charge in [-0.15, -0.1) is 0 Å². The van der Waals surface area contributed by atoms with Crippen LogP contribution in [0, 0.1) is 20.8 Å². The average Bonchev–Trinajstić information content (AvgIpc) is 3.13. The topological polar surface area (TPSA) is 73.0 Å². The van der Waals surface area contributed by atoms with Crippen molar-refractivity contribution in [2.24, 2.45) is 0 Å². The average molecular weight is 324 g/mol. The number of rotatable bonds is 5. The summed E-state index contributed by atoms with van der Waals surface area (Å²) >= 11 is 0. The lowest BCUT2D eigenvalue weighted by Crippen LogP contribution is -2.25. The number of nitrogens with one attached hydrogen (secondary N) is 1. The standard InChI is InChI=1S/C18H20N4O2/c1-12-10-14(3)22(20-12)16-6-4-15(5-7-16)8-9-19-18(23)17-11-13(2)21-24-17/h4-7,10-11H,8-9H2,1-3H3,(H,19,23). The number of carbonyl (C=O) groups excluding carboxylic acids is 1. The van der Waals surface area contributed by atoms with Crippen LogP contribution in [0.1, 0.15) is 33.2 Å². The van der Waals surface area contributed by atoms with Gasteiger partial charge in [-0.3, -0.25) is 4.79 Å². The van der Waals surface area contributed by atoms with E-state index in [9.17, 15) is 4.79 Å². The van der Waals surface area contributed by atoms with E-state index in [0.717, 1.165) is 29.1 Å². The van der Waals surface area contributed by atoms with Crippen molar-refractivity contribution in [2.75, 3.05) is 6.54 Å². The number of aryl methyl sites for hydroxylation is 3. The number of hydrogen-bond donors (Lipinski definition) is 1. The molecular formula is C18H20N4O2. The summed E-state index contributed by atoms with van der Waals surface area (Å²) in [5, 5.41) is 11.0. The lowest BCUT2D eigenvalue weighted by Gasteiger charge is -2.07. The van der Waals surface area contributed by atoms with Crippen LogP contribution in [-0.4, -0.2) is 27.4 Å². The van der Waals surface area contributed by atoms with Gasteiger partial charge in [-0.05, 0) is 51.0 Å². The summed E-state index contributed by atoms with van der Waals surface area (Å²) in [6.45, 7) is 6.34. The Kier molecular flexibility index (Phi) is 4.46. The molecule has 0 unspecified atom stereocenters. The molecule has 0 aliphatic carbocycles. The first kappa shape index (κ1) is 16.0. The van der Waals surface area contributed by atoms with Gasteiger partial charge in [0, 0.05) is 18.3 Å². The van der Waals surface area contributed by atoms with Gasteiger partial charge in [0.25, 0.3) is 5.91 Å². The van der Waals surface area contributed by atoms with Crippen LogP contribution < -0.4 is 5.32 Å². The molecule has 24 heavy (non-hydrogen) atoms. The number of carbonyl (C=O) groups is 1. The van der Waals surface area contributed by atoms with Crippen molar-refractivity contribution < 1.29 is 9.32 Å². The van der Waals surface area contributed by atoms with E-state index in [0.29, 0.717) is 12.2 Å². The highest BCUT2D eigenvalue weighted by Crippen LogP contribution is 2.13. The van der Waals surface area contributed by atoms with Gasteiger partial charge in [-0.2, -0.15) is 5.10 Å². The highest BCUT2D eigenvalue weighted by atomic mass is 16.5. The second kappa shape index (κ2) is 6.70. The lowest BCUT2D eigenvalue weighted by atomic mass is 10.1. The number of nitrogens with zero attached hydrogens (tertiary/aromatic N) is 3. The largest absolute Gasteiger partial charge is 0.351 e. The third-order valence-electron chi connectivity index (χ3n) is 3.74. The first-order valence-electron chi connectivity index (χ1n) is 7.87. The number of aromatic nitrogens is 3. The summed E-state index contributed by atoms with van der Waals surface area (Å²) in [5.41, 5.74) is 4.98. The summed E-state index contributed by atoms with van der Waals surface area (Å²) in [5.74, 6) is 0.00207. The summed E-state index contributed by atoms with van der Waals surface area (Å²) in [6, 6.07) is 11.9. The van der Waals surface area contributed by atoms with E-state index >= 15 is 0 Å². The highest BCUT2D eigenvalue weighted by Gasteiger charge is 2.10. The maximum atomic E-state index is 11.9. The number of amides is 1. The molecule has 0 saturated heterocycles. The zero-order chi connectivity index (χ0) is 17.1. The van der Waals surface area contributed by atoms with Gasteiger partial charge < -0.3 is 9.84 Å². The van der Waals surface area contributed by atoms with Gasteiger partial charge >= 0.3 is 0 Å². The molecule has 3 rings (SSSR count). The van der Waals surface area contributed by atoms with Crippen molar-refractivity contribution in [2.45, 2.75) is 27.2 Å². The Morgan fingerprint density at radius 2 is 1.88 bits per heavy atom. The van der Waals surface area contributed by atoms with Crippen molar-refractivity contribution in [1.82, 2.24) is 20.3 Å². The van der Waals surface area contributed by atoms with Crippen molar-refractivity contribution in [3.05, 3.63) is 64.8 Å². The summed E-state index contributed by atoms with van der Waals surface area (Å²) in [6.07, 6.45) is 0.746. The molecule has 0 aliphatic heterocycles. The Morgan fingerprint density at radius 3 is 2.46 bits per heavy atom. The van der Waals surface area contributed by atoms with Crippen molar-refractivity contribution >= 4 is 5.91 Å². The molecule has 2 aromatic heterocycles. The van der Waals surface area contributed by atoms with E-state index in [1.54, 1.807) is 13.0 Å². The van der Waals surface area contributed by atoms with Gasteiger partial charge in [0.2, 0.25) is 5.76 Å². The van der Waals surface area contributed by atoms with Gasteiger partial charge in [0.15, 0.2) is 0 Å². The third kappa shape index (κ3) is 3.53.